The largest absolute Gasteiger partial charge is 0.378 e. The van der Waals surface area contributed by atoms with Crippen LogP contribution >= 0.6 is 35.7 Å². The third kappa shape index (κ3) is 4.42. The van der Waals surface area contributed by atoms with E-state index in [1.165, 1.54) is 17.3 Å². The van der Waals surface area contributed by atoms with Crippen molar-refractivity contribution in [1.82, 2.24) is 0 Å². The SMILES string of the molecule is CSC(N)=Nc1ccccc1C(C)C.I. The molecular formula is C11H17IN2S. The molecule has 0 unspecified atom stereocenters. The first-order valence-electron chi connectivity index (χ1n) is 4.62. The Balaban J connectivity index is 0.00000196. The standard InChI is InChI=1S/C11H16N2S.HI/c1-8(2)9-6-4-5-7-10(9)13-11(12)14-3;/h4-8H,1-3H3,(H2,12,13);1H. The third-order valence-corrected chi connectivity index (χ3v) is 2.51. The van der Waals surface area contributed by atoms with Crippen molar-refractivity contribution in [2.45, 2.75) is 19.8 Å². The fourth-order valence-electron chi connectivity index (χ4n) is 1.24. The van der Waals surface area contributed by atoms with Gasteiger partial charge < -0.3 is 5.73 Å². The molecule has 2 nitrogen and oxygen atoms in total. The van der Waals surface area contributed by atoms with Crippen LogP contribution in [0.15, 0.2) is 29.3 Å². The minimum absolute atomic E-state index is 0. The number of benzene rings is 1. The highest BCUT2D eigenvalue weighted by molar-refractivity contribution is 14.0. The minimum atomic E-state index is 0. The molecule has 2 N–H and O–H groups in total. The molecule has 0 heterocycles. The van der Waals surface area contributed by atoms with E-state index in [1.807, 2.05) is 24.5 Å². The van der Waals surface area contributed by atoms with Crippen LogP contribution < -0.4 is 5.73 Å². The Morgan fingerprint density at radius 3 is 2.47 bits per heavy atom. The van der Waals surface area contributed by atoms with Crippen LogP contribution in [0.25, 0.3) is 0 Å². The van der Waals surface area contributed by atoms with Gasteiger partial charge in [-0.15, -0.1) is 24.0 Å². The zero-order chi connectivity index (χ0) is 10.6. The van der Waals surface area contributed by atoms with Gasteiger partial charge >= 0.3 is 0 Å². The fraction of sp³-hybridized carbons (Fsp3) is 0.364. The number of nitrogens with two attached hydrogens (primary N) is 1. The minimum Gasteiger partial charge on any atom is -0.378 e. The Labute approximate surface area is 113 Å². The second-order valence-electron chi connectivity index (χ2n) is 3.37. The van der Waals surface area contributed by atoms with Gasteiger partial charge in [-0.1, -0.05) is 43.8 Å². The van der Waals surface area contributed by atoms with E-state index in [1.54, 1.807) is 0 Å². The first-order chi connectivity index (χ1) is 6.65. The van der Waals surface area contributed by atoms with E-state index in [0.717, 1.165) is 5.69 Å². The number of thioether (sulfide) groups is 1. The van der Waals surface area contributed by atoms with E-state index in [4.69, 9.17) is 5.73 Å². The van der Waals surface area contributed by atoms with Gasteiger partial charge in [-0.2, -0.15) is 0 Å². The van der Waals surface area contributed by atoms with Crippen molar-refractivity contribution in [3.8, 4) is 0 Å². The molecule has 0 saturated carbocycles. The van der Waals surface area contributed by atoms with Crippen LogP contribution in [0.1, 0.15) is 25.3 Å². The van der Waals surface area contributed by atoms with Crippen LogP contribution in [0.4, 0.5) is 5.69 Å². The van der Waals surface area contributed by atoms with Gasteiger partial charge in [0.2, 0.25) is 0 Å². The van der Waals surface area contributed by atoms with Gasteiger partial charge in [0.25, 0.3) is 0 Å². The maximum Gasteiger partial charge on any atom is 0.158 e. The highest BCUT2D eigenvalue weighted by atomic mass is 127. The fourth-order valence-corrected chi connectivity index (χ4v) is 1.43. The predicted octanol–water partition coefficient (Wildman–Crippen LogP) is 3.74. The molecule has 0 radical (unpaired) electrons. The normalized spacial score (nSPS) is 11.3. The maximum absolute atomic E-state index is 5.69. The summed E-state index contributed by atoms with van der Waals surface area (Å²) in [5.41, 5.74) is 7.91. The molecule has 0 aliphatic carbocycles. The number of halogens is 1. The van der Waals surface area contributed by atoms with Crippen molar-refractivity contribution in [1.29, 1.82) is 0 Å². The lowest BCUT2D eigenvalue weighted by atomic mass is 10.0. The molecule has 0 bridgehead atoms. The van der Waals surface area contributed by atoms with Gasteiger partial charge in [0.05, 0.1) is 5.69 Å². The third-order valence-electron chi connectivity index (χ3n) is 2.00. The highest BCUT2D eigenvalue weighted by Crippen LogP contribution is 2.26. The predicted molar refractivity (Wildman–Crippen MR) is 80.7 cm³/mol. The molecule has 0 saturated heterocycles. The monoisotopic (exact) mass is 336 g/mol. The van der Waals surface area contributed by atoms with E-state index < -0.39 is 0 Å². The van der Waals surface area contributed by atoms with Crippen LogP contribution in [-0.4, -0.2) is 11.4 Å². The summed E-state index contributed by atoms with van der Waals surface area (Å²) in [6, 6.07) is 8.11. The molecule has 15 heavy (non-hydrogen) atoms. The maximum atomic E-state index is 5.69. The quantitative estimate of drug-likeness (QED) is 0.508. The molecule has 0 atom stereocenters. The van der Waals surface area contributed by atoms with E-state index in [2.05, 4.69) is 24.9 Å². The van der Waals surface area contributed by atoms with E-state index in [0.29, 0.717) is 11.1 Å². The van der Waals surface area contributed by atoms with Gasteiger partial charge in [-0.3, -0.25) is 0 Å². The molecule has 84 valence electrons. The van der Waals surface area contributed by atoms with Gasteiger partial charge in [0.15, 0.2) is 5.17 Å². The number of para-hydroxylation sites is 1. The smallest absolute Gasteiger partial charge is 0.158 e. The summed E-state index contributed by atoms with van der Waals surface area (Å²) in [4.78, 5) is 4.36. The summed E-state index contributed by atoms with van der Waals surface area (Å²) < 4.78 is 0. The summed E-state index contributed by atoms with van der Waals surface area (Å²) in [6.45, 7) is 4.31. The first-order valence-corrected chi connectivity index (χ1v) is 5.84. The summed E-state index contributed by atoms with van der Waals surface area (Å²) >= 11 is 1.47. The van der Waals surface area contributed by atoms with E-state index in [9.17, 15) is 0 Å². The van der Waals surface area contributed by atoms with Crippen LogP contribution in [0.5, 0.6) is 0 Å². The number of aliphatic imine (C=N–C) groups is 1. The summed E-state index contributed by atoms with van der Waals surface area (Å²) in [5, 5.41) is 0.609. The zero-order valence-electron chi connectivity index (χ0n) is 9.23. The summed E-state index contributed by atoms with van der Waals surface area (Å²) in [7, 11) is 0. The average molecular weight is 336 g/mol. The van der Waals surface area contributed by atoms with Crippen molar-refractivity contribution < 1.29 is 0 Å². The molecule has 4 heteroatoms. The summed E-state index contributed by atoms with van der Waals surface area (Å²) in [5.74, 6) is 0.476. The number of amidine groups is 1. The van der Waals surface area contributed by atoms with E-state index >= 15 is 0 Å². The van der Waals surface area contributed by atoms with Crippen molar-refractivity contribution in [2.24, 2.45) is 10.7 Å². The second-order valence-corrected chi connectivity index (χ2v) is 4.19. The van der Waals surface area contributed by atoms with Crippen molar-refractivity contribution >= 4 is 46.6 Å². The molecule has 0 amide bonds. The Morgan fingerprint density at radius 1 is 1.33 bits per heavy atom. The van der Waals surface area contributed by atoms with Crippen LogP contribution in [0.2, 0.25) is 0 Å². The second kappa shape index (κ2) is 7.11. The molecule has 1 aromatic carbocycles. The molecule has 0 aromatic heterocycles. The van der Waals surface area contributed by atoms with Crippen LogP contribution in [0.3, 0.4) is 0 Å². The molecule has 0 fully saturated rings. The van der Waals surface area contributed by atoms with Gasteiger partial charge in [-0.25, -0.2) is 4.99 Å². The Kier molecular flexibility index (Phi) is 7.00. The van der Waals surface area contributed by atoms with Crippen molar-refractivity contribution in [2.75, 3.05) is 6.26 Å². The Hall–Kier alpha value is -0.230. The van der Waals surface area contributed by atoms with Crippen molar-refractivity contribution in [3.05, 3.63) is 29.8 Å². The Morgan fingerprint density at radius 2 is 1.93 bits per heavy atom. The number of hydrogen-bond donors (Lipinski definition) is 1. The Bertz CT molecular complexity index is 337. The molecule has 0 spiro atoms. The zero-order valence-corrected chi connectivity index (χ0v) is 12.4. The molecular weight excluding hydrogens is 319 g/mol. The number of hydrogen-bond acceptors (Lipinski definition) is 2. The lowest BCUT2D eigenvalue weighted by Gasteiger charge is -2.08. The lowest BCUT2D eigenvalue weighted by Crippen LogP contribution is -2.04. The average Bonchev–Trinajstić information content (AvgIpc) is 2.18. The lowest BCUT2D eigenvalue weighted by molar-refractivity contribution is 0.867. The van der Waals surface area contributed by atoms with Gasteiger partial charge in [0, 0.05) is 0 Å². The van der Waals surface area contributed by atoms with Crippen LogP contribution in [-0.2, 0) is 0 Å². The molecule has 1 rings (SSSR count). The van der Waals surface area contributed by atoms with Gasteiger partial charge in [0.1, 0.15) is 0 Å². The molecule has 0 aliphatic heterocycles. The van der Waals surface area contributed by atoms with Crippen molar-refractivity contribution in [3.63, 3.8) is 0 Å². The topological polar surface area (TPSA) is 38.4 Å². The van der Waals surface area contributed by atoms with Gasteiger partial charge in [-0.05, 0) is 23.8 Å². The van der Waals surface area contributed by atoms with E-state index in [-0.39, 0.29) is 24.0 Å². The van der Waals surface area contributed by atoms with Crippen LogP contribution in [0, 0.1) is 0 Å². The number of rotatable bonds is 2. The highest BCUT2D eigenvalue weighted by Gasteiger charge is 2.04. The molecule has 1 aromatic rings. The summed E-state index contributed by atoms with van der Waals surface area (Å²) in [6.07, 6.45) is 1.93. The first kappa shape index (κ1) is 14.8. The molecule has 0 aliphatic rings. The number of nitrogens with zero attached hydrogens (tertiary/aromatic N) is 1.